The lowest BCUT2D eigenvalue weighted by molar-refractivity contribution is -0.925. The predicted molar refractivity (Wildman–Crippen MR) is 198 cm³/mol. The van der Waals surface area contributed by atoms with Crippen LogP contribution in [0.25, 0.3) is 10.9 Å². The van der Waals surface area contributed by atoms with Gasteiger partial charge in [-0.25, -0.2) is 9.78 Å². The van der Waals surface area contributed by atoms with E-state index in [1.807, 2.05) is 24.6 Å². The van der Waals surface area contributed by atoms with Gasteiger partial charge in [0.1, 0.15) is 30.2 Å². The van der Waals surface area contributed by atoms with Crippen LogP contribution >= 0.6 is 34.7 Å². The lowest BCUT2D eigenvalue weighted by atomic mass is 10.00. The molecule has 3 aliphatic rings. The van der Waals surface area contributed by atoms with Crippen molar-refractivity contribution in [3.8, 4) is 11.5 Å². The van der Waals surface area contributed by atoms with Gasteiger partial charge in [-0.1, -0.05) is 16.8 Å². The van der Waals surface area contributed by atoms with Crippen molar-refractivity contribution < 1.29 is 39.0 Å². The molecule has 6 rings (SSSR count). The van der Waals surface area contributed by atoms with Gasteiger partial charge in [0.05, 0.1) is 34.6 Å². The number of amides is 2. The van der Waals surface area contributed by atoms with Gasteiger partial charge in [-0.2, -0.15) is 0 Å². The molecule has 3 aliphatic heterocycles. The quantitative estimate of drug-likeness (QED) is 0.0625. The molecule has 0 aliphatic carbocycles. The molecule has 18 heteroatoms. The number of anilines is 1. The first-order valence-electron chi connectivity index (χ1n) is 16.8. The number of aliphatic carboxylic acids is 1. The largest absolute Gasteiger partial charge is 0.504 e. The molecule has 3 atom stereocenters. The zero-order valence-corrected chi connectivity index (χ0v) is 31.7. The number of pyridine rings is 1. The monoisotopic (exact) mass is 774 g/mol. The topological polar surface area (TPSA) is 210 Å². The van der Waals surface area contributed by atoms with Crippen LogP contribution < -0.4 is 16.5 Å². The van der Waals surface area contributed by atoms with Crippen LogP contribution in [0.3, 0.4) is 0 Å². The molecule has 0 radical (unpaired) electrons. The SMILES string of the molecule is CCn1cc(C[N+]2(CC3=C(C)N4C(=O)[C@@H](NC(=O)/C(=N\OC(C)(C)C(=O)O)c5csc(N)n5)[C@H]4S[C@H]3C)CCCC2)c(=O)c2c(Cl)c(O)c(O)cc21. The molecule has 15 nitrogen and oxygen atoms in total. The number of aromatic hydroxyl groups is 2. The fourth-order valence-corrected chi connectivity index (χ4v) is 9.47. The number of halogens is 1. The Labute approximate surface area is 312 Å². The second-order valence-electron chi connectivity index (χ2n) is 13.9. The highest BCUT2D eigenvalue weighted by atomic mass is 35.5. The summed E-state index contributed by atoms with van der Waals surface area (Å²) in [5.41, 5.74) is 6.40. The van der Waals surface area contributed by atoms with Crippen LogP contribution in [0.1, 0.15) is 58.7 Å². The second-order valence-corrected chi connectivity index (χ2v) is 16.6. The van der Waals surface area contributed by atoms with Crippen molar-refractivity contribution >= 4 is 74.2 Å². The highest BCUT2D eigenvalue weighted by molar-refractivity contribution is 8.00. The summed E-state index contributed by atoms with van der Waals surface area (Å²) in [7, 11) is 0. The van der Waals surface area contributed by atoms with Crippen LogP contribution in [0.4, 0.5) is 5.13 Å². The molecule has 0 unspecified atom stereocenters. The van der Waals surface area contributed by atoms with Gasteiger partial charge >= 0.3 is 5.97 Å². The lowest BCUT2D eigenvalue weighted by Crippen LogP contribution is -2.71. The second kappa shape index (κ2) is 13.9. The number of likely N-dealkylation sites (tertiary alicyclic amines) is 1. The highest BCUT2D eigenvalue weighted by Crippen LogP contribution is 2.45. The smallest absolute Gasteiger partial charge is 0.350 e. The molecule has 2 amide bonds. The van der Waals surface area contributed by atoms with Gasteiger partial charge in [-0.15, -0.1) is 23.1 Å². The van der Waals surface area contributed by atoms with Crippen molar-refractivity contribution in [1.82, 2.24) is 19.8 Å². The maximum atomic E-state index is 13.9. The summed E-state index contributed by atoms with van der Waals surface area (Å²) in [5.74, 6) is -3.27. The average Bonchev–Trinajstić information content (AvgIpc) is 3.74. The number of aromatic nitrogens is 2. The summed E-state index contributed by atoms with van der Waals surface area (Å²) < 4.78 is 2.45. The number of carboxylic acids is 1. The fraction of sp³-hybridized carbons (Fsp3) is 0.471. The number of nitrogens with one attached hydrogen (secondary N) is 1. The van der Waals surface area contributed by atoms with Gasteiger partial charge in [0.25, 0.3) is 11.8 Å². The van der Waals surface area contributed by atoms with E-state index in [1.54, 1.807) is 16.7 Å². The molecule has 2 aromatic heterocycles. The van der Waals surface area contributed by atoms with Crippen LogP contribution in [-0.2, 0) is 32.3 Å². The summed E-state index contributed by atoms with van der Waals surface area (Å²) in [6.45, 7) is 11.7. The number of phenolic OH excluding ortho intramolecular Hbond substituents is 2. The number of benzene rings is 1. The molecule has 2 saturated heterocycles. The molecule has 5 heterocycles. The summed E-state index contributed by atoms with van der Waals surface area (Å²) in [6, 6.07) is 0.471. The Balaban J connectivity index is 1.25. The first-order valence-corrected chi connectivity index (χ1v) is 19.0. The van der Waals surface area contributed by atoms with Gasteiger partial charge in [0, 0.05) is 53.5 Å². The number of nitrogen functional groups attached to an aromatic ring is 1. The maximum Gasteiger partial charge on any atom is 0.350 e. The van der Waals surface area contributed by atoms with E-state index >= 15 is 0 Å². The summed E-state index contributed by atoms with van der Waals surface area (Å²) in [5, 5.41) is 37.8. The Kier molecular flexibility index (Phi) is 10.0. The van der Waals surface area contributed by atoms with Gasteiger partial charge in [0.15, 0.2) is 27.8 Å². The third kappa shape index (κ3) is 6.58. The van der Waals surface area contributed by atoms with Crippen molar-refractivity contribution in [3.63, 3.8) is 0 Å². The van der Waals surface area contributed by atoms with Gasteiger partial charge in [0.2, 0.25) is 5.60 Å². The molecule has 6 N–H and O–H groups in total. The number of thiazole rings is 1. The number of rotatable bonds is 11. The van der Waals surface area contributed by atoms with Crippen molar-refractivity contribution in [2.24, 2.45) is 5.16 Å². The minimum atomic E-state index is -1.74. The molecule has 52 heavy (non-hydrogen) atoms. The van der Waals surface area contributed by atoms with Gasteiger partial charge in [-0.3, -0.25) is 19.3 Å². The van der Waals surface area contributed by atoms with Crippen LogP contribution in [0.15, 0.2) is 38.9 Å². The van der Waals surface area contributed by atoms with E-state index in [1.165, 1.54) is 25.3 Å². The predicted octanol–water partition coefficient (Wildman–Crippen LogP) is 3.58. The molecule has 0 bridgehead atoms. The van der Waals surface area contributed by atoms with Crippen molar-refractivity contribution in [2.45, 2.75) is 82.8 Å². The summed E-state index contributed by atoms with van der Waals surface area (Å²) >= 11 is 9.04. The molecule has 0 saturated carbocycles. The standard InChI is InChI=1S/C34H40ClN7O8S2/c1-6-40-12-18(27(44)23-21(40)11-22(43)28(45)24(23)35)13-42(9-7-8-10-42)14-19-16(2)41-30(47)26(31(41)52-17(19)3)38-29(46)25(20-15-51-33(36)37-20)39-50-34(4,5)32(48)49/h11-12,15,17,26,31H,6-10,13-14H2,1-5H3,(H5-,36,37,38,39,43,44,45,46,48,49)/p+1/t17-,26+,31+/m0/s1. The third-order valence-corrected chi connectivity index (χ3v) is 12.6. The minimum Gasteiger partial charge on any atom is -0.504 e. The molecule has 1 aromatic carbocycles. The number of fused-ring (bicyclic) bond motifs is 2. The maximum absolute atomic E-state index is 13.9. The Morgan fingerprint density at radius 1 is 1.23 bits per heavy atom. The Hall–Kier alpha value is -4.32. The van der Waals surface area contributed by atoms with E-state index < -0.39 is 40.4 Å². The first-order chi connectivity index (χ1) is 24.5. The lowest BCUT2D eigenvalue weighted by Gasteiger charge is -2.52. The molecule has 278 valence electrons. The molecule has 2 fully saturated rings. The Morgan fingerprint density at radius 3 is 2.54 bits per heavy atom. The normalized spacial score (nSPS) is 21.7. The third-order valence-electron chi connectivity index (χ3n) is 10.1. The number of carbonyl (C=O) groups is 3. The average molecular weight is 775 g/mol. The van der Waals surface area contributed by atoms with Gasteiger partial charge in [-0.05, 0) is 34.6 Å². The van der Waals surface area contributed by atoms with E-state index in [0.29, 0.717) is 35.2 Å². The number of carbonyl (C=O) groups excluding carboxylic acids is 2. The number of β-lactam (4-membered cyclic amide) rings is 1. The fourth-order valence-electron chi connectivity index (χ4n) is 7.09. The first kappa shape index (κ1) is 37.4. The van der Waals surface area contributed by atoms with E-state index in [2.05, 4.69) is 22.4 Å². The van der Waals surface area contributed by atoms with Crippen molar-refractivity contribution in [2.75, 3.05) is 25.4 Å². The Morgan fingerprint density at radius 2 is 1.92 bits per heavy atom. The van der Waals surface area contributed by atoms with Crippen LogP contribution in [0, 0.1) is 0 Å². The van der Waals surface area contributed by atoms with E-state index in [4.69, 9.17) is 22.2 Å². The number of quaternary nitrogens is 1. The number of phenols is 2. The molecule has 3 aromatic rings. The number of hydrogen-bond donors (Lipinski definition) is 5. The van der Waals surface area contributed by atoms with Crippen LogP contribution in [0.2, 0.25) is 5.02 Å². The van der Waals surface area contributed by atoms with Crippen molar-refractivity contribution in [1.29, 1.82) is 0 Å². The number of nitrogens with zero attached hydrogens (tertiary/aromatic N) is 5. The van der Waals surface area contributed by atoms with E-state index in [0.717, 1.165) is 48.5 Å². The highest BCUT2D eigenvalue weighted by Gasteiger charge is 2.54. The number of oxime groups is 1. The number of aryl methyl sites for hydroxylation is 1. The number of carboxylic acid groups (broad SMARTS) is 1. The van der Waals surface area contributed by atoms with E-state index in [9.17, 15) is 34.5 Å². The van der Waals surface area contributed by atoms with Crippen LogP contribution in [-0.4, -0.2) is 99.6 Å². The summed E-state index contributed by atoms with van der Waals surface area (Å²) in [6.07, 6.45) is 3.75. The number of thioether (sulfide) groups is 1. The van der Waals surface area contributed by atoms with Gasteiger partial charge < -0.3 is 40.3 Å². The van der Waals surface area contributed by atoms with Crippen molar-refractivity contribution in [3.05, 3.63) is 55.4 Å². The molecule has 0 spiro atoms. The van der Waals surface area contributed by atoms with Crippen LogP contribution in [0.5, 0.6) is 11.5 Å². The molecular formula is C34H41ClN7O8S2+. The number of nitrogens with two attached hydrogens (primary N) is 1. The zero-order valence-electron chi connectivity index (χ0n) is 29.3. The molecular weight excluding hydrogens is 734 g/mol. The summed E-state index contributed by atoms with van der Waals surface area (Å²) in [4.78, 5) is 63.7. The Bertz CT molecular complexity index is 2110. The number of allylic oxidation sites excluding steroid dienone is 1. The number of hydrogen-bond acceptors (Lipinski definition) is 12. The van der Waals surface area contributed by atoms with E-state index in [-0.39, 0.29) is 43.5 Å². The zero-order chi connectivity index (χ0) is 37.9. The minimum absolute atomic E-state index is 0.0335.